The topological polar surface area (TPSA) is 63.4 Å². The Bertz CT molecular complexity index is 491. The van der Waals surface area contributed by atoms with Crippen LogP contribution in [-0.2, 0) is 4.79 Å². The van der Waals surface area contributed by atoms with Gasteiger partial charge < -0.3 is 10.6 Å². The molecule has 0 atom stereocenters. The fraction of sp³-hybridized carbons (Fsp3) is 0.385. The van der Waals surface area contributed by atoms with Crippen molar-refractivity contribution in [1.82, 2.24) is 4.90 Å². The summed E-state index contributed by atoms with van der Waals surface area (Å²) < 4.78 is 0. The third-order valence-corrected chi connectivity index (χ3v) is 3.99. The molecular formula is C13H14Cl2N2O2. The van der Waals surface area contributed by atoms with Gasteiger partial charge in [-0.2, -0.15) is 0 Å². The number of halogens is 2. The Morgan fingerprint density at radius 3 is 2.16 bits per heavy atom. The van der Waals surface area contributed by atoms with Gasteiger partial charge in [-0.15, -0.1) is 0 Å². The van der Waals surface area contributed by atoms with Crippen molar-refractivity contribution in [2.24, 2.45) is 11.7 Å². The summed E-state index contributed by atoms with van der Waals surface area (Å²) >= 11 is 12.0. The molecule has 1 aliphatic heterocycles. The summed E-state index contributed by atoms with van der Waals surface area (Å²) in [5.74, 6) is -0.646. The molecule has 4 nitrogen and oxygen atoms in total. The molecule has 0 unspecified atom stereocenters. The van der Waals surface area contributed by atoms with E-state index in [1.807, 2.05) is 0 Å². The van der Waals surface area contributed by atoms with Gasteiger partial charge in [-0.25, -0.2) is 0 Å². The fourth-order valence-electron chi connectivity index (χ4n) is 2.23. The molecule has 2 amide bonds. The lowest BCUT2D eigenvalue weighted by atomic mass is 9.96. The number of benzene rings is 1. The minimum atomic E-state index is -0.303. The predicted octanol–water partition coefficient (Wildman–Crippen LogP) is 2.33. The lowest BCUT2D eigenvalue weighted by molar-refractivity contribution is -0.123. The van der Waals surface area contributed by atoms with Crippen LogP contribution in [0.3, 0.4) is 0 Å². The number of nitrogens with two attached hydrogens (primary N) is 1. The molecule has 2 rings (SSSR count). The SMILES string of the molecule is NC(=O)C1CCN(C(=O)c2c(Cl)cccc2Cl)CC1. The minimum Gasteiger partial charge on any atom is -0.369 e. The summed E-state index contributed by atoms with van der Waals surface area (Å²) in [6.07, 6.45) is 1.17. The average molecular weight is 301 g/mol. The summed E-state index contributed by atoms with van der Waals surface area (Å²) in [5.41, 5.74) is 5.59. The standard InChI is InChI=1S/C13H14Cl2N2O2/c14-9-2-1-3-10(15)11(9)13(19)17-6-4-8(5-7-17)12(16)18/h1-3,8H,4-7H2,(H2,16,18). The first-order chi connectivity index (χ1) is 9.00. The largest absolute Gasteiger partial charge is 0.369 e. The molecule has 0 spiro atoms. The van der Waals surface area contributed by atoms with Gasteiger partial charge in [-0.3, -0.25) is 9.59 Å². The normalized spacial score (nSPS) is 16.4. The molecule has 6 heteroatoms. The van der Waals surface area contributed by atoms with Crippen molar-refractivity contribution in [2.45, 2.75) is 12.8 Å². The van der Waals surface area contributed by atoms with Crippen molar-refractivity contribution < 1.29 is 9.59 Å². The number of nitrogens with zero attached hydrogens (tertiary/aromatic N) is 1. The molecular weight excluding hydrogens is 287 g/mol. The Hall–Kier alpha value is -1.26. The molecule has 1 saturated heterocycles. The molecule has 0 radical (unpaired) electrons. The van der Waals surface area contributed by atoms with E-state index >= 15 is 0 Å². The lowest BCUT2D eigenvalue weighted by Gasteiger charge is -2.31. The Kier molecular flexibility index (Phi) is 4.32. The van der Waals surface area contributed by atoms with E-state index in [0.29, 0.717) is 41.5 Å². The quantitative estimate of drug-likeness (QED) is 0.911. The zero-order valence-electron chi connectivity index (χ0n) is 10.2. The molecule has 0 saturated carbocycles. The number of amides is 2. The van der Waals surface area contributed by atoms with Gasteiger partial charge in [-0.1, -0.05) is 29.3 Å². The first-order valence-electron chi connectivity index (χ1n) is 6.03. The van der Waals surface area contributed by atoms with Crippen LogP contribution < -0.4 is 5.73 Å². The summed E-state index contributed by atoms with van der Waals surface area (Å²) in [4.78, 5) is 25.1. The number of hydrogen-bond donors (Lipinski definition) is 1. The first-order valence-corrected chi connectivity index (χ1v) is 6.79. The van der Waals surface area contributed by atoms with Crippen molar-refractivity contribution in [3.63, 3.8) is 0 Å². The van der Waals surface area contributed by atoms with Crippen LogP contribution in [0.4, 0.5) is 0 Å². The Balaban J connectivity index is 2.12. The van der Waals surface area contributed by atoms with Gasteiger partial charge in [0.2, 0.25) is 5.91 Å². The van der Waals surface area contributed by atoms with Crippen molar-refractivity contribution in [1.29, 1.82) is 0 Å². The zero-order chi connectivity index (χ0) is 14.0. The van der Waals surface area contributed by atoms with Gasteiger partial charge in [0.1, 0.15) is 0 Å². The Morgan fingerprint density at radius 2 is 1.68 bits per heavy atom. The molecule has 1 aromatic carbocycles. The Labute approximate surface area is 121 Å². The van der Waals surface area contributed by atoms with Crippen LogP contribution in [0.25, 0.3) is 0 Å². The summed E-state index contributed by atoms with van der Waals surface area (Å²) in [7, 11) is 0. The number of likely N-dealkylation sites (tertiary alicyclic amines) is 1. The highest BCUT2D eigenvalue weighted by Gasteiger charge is 2.28. The van der Waals surface area contributed by atoms with E-state index in [1.54, 1.807) is 23.1 Å². The average Bonchev–Trinajstić information content (AvgIpc) is 2.38. The second kappa shape index (κ2) is 5.80. The summed E-state index contributed by atoms with van der Waals surface area (Å²) in [5, 5.41) is 0.684. The maximum Gasteiger partial charge on any atom is 0.256 e. The maximum atomic E-state index is 12.4. The van der Waals surface area contributed by atoms with Crippen molar-refractivity contribution >= 4 is 35.0 Å². The van der Waals surface area contributed by atoms with Crippen molar-refractivity contribution in [3.8, 4) is 0 Å². The highest BCUT2D eigenvalue weighted by molar-refractivity contribution is 6.39. The number of primary amides is 1. The molecule has 2 N–H and O–H groups in total. The second-order valence-electron chi connectivity index (χ2n) is 4.57. The van der Waals surface area contributed by atoms with Crippen LogP contribution in [0.15, 0.2) is 18.2 Å². The molecule has 1 fully saturated rings. The molecule has 1 aliphatic rings. The Morgan fingerprint density at radius 1 is 1.16 bits per heavy atom. The van der Waals surface area contributed by atoms with Crippen LogP contribution >= 0.6 is 23.2 Å². The van der Waals surface area contributed by atoms with E-state index in [0.717, 1.165) is 0 Å². The summed E-state index contributed by atoms with van der Waals surface area (Å²) in [6.45, 7) is 0.988. The van der Waals surface area contributed by atoms with Gasteiger partial charge in [-0.05, 0) is 25.0 Å². The van der Waals surface area contributed by atoms with Crippen LogP contribution in [0.5, 0.6) is 0 Å². The molecule has 0 aromatic heterocycles. The second-order valence-corrected chi connectivity index (χ2v) is 5.38. The van der Waals surface area contributed by atoms with Crippen LogP contribution in [0, 0.1) is 5.92 Å². The maximum absolute atomic E-state index is 12.4. The molecule has 1 aromatic rings. The fourth-order valence-corrected chi connectivity index (χ4v) is 2.79. The molecule has 0 bridgehead atoms. The van der Waals surface area contributed by atoms with E-state index in [4.69, 9.17) is 28.9 Å². The van der Waals surface area contributed by atoms with Crippen LogP contribution in [0.1, 0.15) is 23.2 Å². The van der Waals surface area contributed by atoms with Crippen molar-refractivity contribution in [2.75, 3.05) is 13.1 Å². The highest BCUT2D eigenvalue weighted by atomic mass is 35.5. The highest BCUT2D eigenvalue weighted by Crippen LogP contribution is 2.27. The smallest absolute Gasteiger partial charge is 0.256 e. The molecule has 102 valence electrons. The first kappa shape index (κ1) is 14.2. The van der Waals surface area contributed by atoms with Gasteiger partial charge in [0.25, 0.3) is 5.91 Å². The van der Waals surface area contributed by atoms with Gasteiger partial charge in [0.15, 0.2) is 0 Å². The lowest BCUT2D eigenvalue weighted by Crippen LogP contribution is -2.41. The number of carbonyl (C=O) groups is 2. The van der Waals surface area contributed by atoms with E-state index in [2.05, 4.69) is 0 Å². The predicted molar refractivity (Wildman–Crippen MR) is 74.3 cm³/mol. The van der Waals surface area contributed by atoms with Crippen LogP contribution in [0.2, 0.25) is 10.0 Å². The van der Waals surface area contributed by atoms with Crippen molar-refractivity contribution in [3.05, 3.63) is 33.8 Å². The summed E-state index contributed by atoms with van der Waals surface area (Å²) in [6, 6.07) is 4.97. The molecule has 19 heavy (non-hydrogen) atoms. The number of piperidine rings is 1. The van der Waals surface area contributed by atoms with E-state index in [-0.39, 0.29) is 17.7 Å². The van der Waals surface area contributed by atoms with Gasteiger partial charge in [0.05, 0.1) is 15.6 Å². The number of hydrogen-bond acceptors (Lipinski definition) is 2. The van der Waals surface area contributed by atoms with E-state index < -0.39 is 0 Å². The van der Waals surface area contributed by atoms with E-state index in [1.165, 1.54) is 0 Å². The monoisotopic (exact) mass is 300 g/mol. The third-order valence-electron chi connectivity index (χ3n) is 3.36. The number of rotatable bonds is 2. The molecule has 0 aliphatic carbocycles. The van der Waals surface area contributed by atoms with E-state index in [9.17, 15) is 9.59 Å². The third kappa shape index (κ3) is 3.01. The van der Waals surface area contributed by atoms with Gasteiger partial charge in [0, 0.05) is 19.0 Å². The minimum absolute atomic E-state index is 0.147. The molecule has 1 heterocycles. The number of carbonyl (C=O) groups excluding carboxylic acids is 2. The van der Waals surface area contributed by atoms with Gasteiger partial charge >= 0.3 is 0 Å². The zero-order valence-corrected chi connectivity index (χ0v) is 11.7. The van der Waals surface area contributed by atoms with Crippen LogP contribution in [-0.4, -0.2) is 29.8 Å².